The fourth-order valence-electron chi connectivity index (χ4n) is 1.24. The molecule has 2 heterocycles. The van der Waals surface area contributed by atoms with E-state index in [1.807, 2.05) is 0 Å². The summed E-state index contributed by atoms with van der Waals surface area (Å²) in [5.41, 5.74) is 5.82. The van der Waals surface area contributed by atoms with Gasteiger partial charge in [0, 0.05) is 24.7 Å². The number of hydrogen-bond acceptors (Lipinski definition) is 5. The third-order valence-corrected chi connectivity index (χ3v) is 2.93. The molecule has 1 amide bonds. The number of nitrogens with two attached hydrogens (primary N) is 1. The number of amides is 1. The van der Waals surface area contributed by atoms with E-state index in [0.29, 0.717) is 0 Å². The maximum absolute atomic E-state index is 11.8. The first-order valence-corrected chi connectivity index (χ1v) is 5.38. The molecule has 0 aromatic carbocycles. The third-order valence-electron chi connectivity index (χ3n) is 1.97. The van der Waals surface area contributed by atoms with Crippen LogP contribution in [0.4, 0.5) is 5.82 Å². The lowest BCUT2D eigenvalue weighted by atomic mass is 10.3. The van der Waals surface area contributed by atoms with Gasteiger partial charge in [0.1, 0.15) is 0 Å². The number of rotatable bonds is 1. The molecule has 0 atom stereocenters. The number of aromatic nitrogens is 2. The van der Waals surface area contributed by atoms with Crippen molar-refractivity contribution in [2.75, 3.05) is 23.9 Å². The molecule has 14 heavy (non-hydrogen) atoms. The zero-order valence-electron chi connectivity index (χ0n) is 7.51. The standard InChI is InChI=1S/C8H10N4OS/c9-7-6(10-1-2-11-7)8(13)12-3-4-14-5-12/h1-2H,3-5H2,(H2,9,11). The van der Waals surface area contributed by atoms with Crippen molar-refractivity contribution in [1.29, 1.82) is 0 Å². The van der Waals surface area contributed by atoms with Crippen LogP contribution in [0.3, 0.4) is 0 Å². The fourth-order valence-corrected chi connectivity index (χ4v) is 2.18. The van der Waals surface area contributed by atoms with Crippen molar-refractivity contribution in [3.8, 4) is 0 Å². The molecule has 1 aromatic rings. The van der Waals surface area contributed by atoms with Crippen LogP contribution < -0.4 is 5.73 Å². The van der Waals surface area contributed by atoms with Crippen LogP contribution in [-0.2, 0) is 0 Å². The minimum atomic E-state index is -0.124. The van der Waals surface area contributed by atoms with Crippen LogP contribution in [0.25, 0.3) is 0 Å². The van der Waals surface area contributed by atoms with Crippen molar-refractivity contribution in [2.24, 2.45) is 0 Å². The van der Waals surface area contributed by atoms with Crippen molar-refractivity contribution < 1.29 is 4.79 Å². The van der Waals surface area contributed by atoms with Crippen molar-refractivity contribution in [3.63, 3.8) is 0 Å². The molecular formula is C8H10N4OS. The Morgan fingerprint density at radius 1 is 1.50 bits per heavy atom. The molecule has 1 saturated heterocycles. The van der Waals surface area contributed by atoms with Gasteiger partial charge in [0.25, 0.3) is 5.91 Å². The van der Waals surface area contributed by atoms with Gasteiger partial charge in [-0.1, -0.05) is 0 Å². The molecule has 5 nitrogen and oxygen atoms in total. The summed E-state index contributed by atoms with van der Waals surface area (Å²) in [7, 11) is 0. The molecule has 1 aliphatic heterocycles. The predicted molar refractivity (Wildman–Crippen MR) is 54.8 cm³/mol. The Balaban J connectivity index is 2.22. The predicted octanol–water partition coefficient (Wildman–Crippen LogP) is 0.205. The first kappa shape index (κ1) is 9.26. The molecule has 74 valence electrons. The average Bonchev–Trinajstić information content (AvgIpc) is 2.70. The molecule has 1 aliphatic rings. The summed E-state index contributed by atoms with van der Waals surface area (Å²) >= 11 is 1.73. The van der Waals surface area contributed by atoms with E-state index >= 15 is 0 Å². The average molecular weight is 210 g/mol. The molecule has 0 unspecified atom stereocenters. The zero-order valence-corrected chi connectivity index (χ0v) is 8.33. The molecule has 1 fully saturated rings. The lowest BCUT2D eigenvalue weighted by Gasteiger charge is -2.13. The molecule has 1 aromatic heterocycles. The quantitative estimate of drug-likeness (QED) is 0.717. The highest BCUT2D eigenvalue weighted by molar-refractivity contribution is 7.99. The van der Waals surface area contributed by atoms with Crippen molar-refractivity contribution >= 4 is 23.5 Å². The van der Waals surface area contributed by atoms with Crippen LogP contribution >= 0.6 is 11.8 Å². The number of nitrogen functional groups attached to an aromatic ring is 1. The zero-order chi connectivity index (χ0) is 9.97. The van der Waals surface area contributed by atoms with Gasteiger partial charge in [0.05, 0.1) is 5.88 Å². The number of thioether (sulfide) groups is 1. The largest absolute Gasteiger partial charge is 0.382 e. The summed E-state index contributed by atoms with van der Waals surface area (Å²) in [6, 6.07) is 0. The van der Waals surface area contributed by atoms with E-state index in [0.717, 1.165) is 18.2 Å². The lowest BCUT2D eigenvalue weighted by Crippen LogP contribution is -2.29. The van der Waals surface area contributed by atoms with Crippen LogP contribution in [0.5, 0.6) is 0 Å². The highest BCUT2D eigenvalue weighted by Crippen LogP contribution is 2.17. The highest BCUT2D eigenvalue weighted by Gasteiger charge is 2.22. The topological polar surface area (TPSA) is 72.1 Å². The Morgan fingerprint density at radius 2 is 2.29 bits per heavy atom. The number of hydrogen-bond donors (Lipinski definition) is 1. The minimum Gasteiger partial charge on any atom is -0.382 e. The van der Waals surface area contributed by atoms with E-state index in [9.17, 15) is 4.79 Å². The summed E-state index contributed by atoms with van der Waals surface area (Å²) in [5, 5.41) is 0. The van der Waals surface area contributed by atoms with Gasteiger partial charge in [-0.05, 0) is 0 Å². The van der Waals surface area contributed by atoms with Crippen LogP contribution in [-0.4, -0.2) is 38.9 Å². The Morgan fingerprint density at radius 3 is 2.93 bits per heavy atom. The fraction of sp³-hybridized carbons (Fsp3) is 0.375. The summed E-state index contributed by atoms with van der Waals surface area (Å²) in [6.45, 7) is 0.763. The van der Waals surface area contributed by atoms with Crippen LogP contribution in [0.15, 0.2) is 12.4 Å². The molecule has 0 spiro atoms. The molecule has 0 bridgehead atoms. The van der Waals surface area contributed by atoms with Gasteiger partial charge in [0.2, 0.25) is 0 Å². The van der Waals surface area contributed by atoms with E-state index in [1.54, 1.807) is 16.7 Å². The van der Waals surface area contributed by atoms with Gasteiger partial charge in [0.15, 0.2) is 11.5 Å². The van der Waals surface area contributed by atoms with Gasteiger partial charge in [-0.15, -0.1) is 11.8 Å². The highest BCUT2D eigenvalue weighted by atomic mass is 32.2. The maximum Gasteiger partial charge on any atom is 0.277 e. The molecule has 0 saturated carbocycles. The van der Waals surface area contributed by atoms with E-state index in [-0.39, 0.29) is 17.4 Å². The second-order valence-corrected chi connectivity index (χ2v) is 3.97. The van der Waals surface area contributed by atoms with Gasteiger partial charge in [-0.3, -0.25) is 4.79 Å². The Bertz CT molecular complexity index is 351. The SMILES string of the molecule is Nc1nccnc1C(=O)N1CCSC1. The van der Waals surface area contributed by atoms with Crippen LogP contribution in [0.1, 0.15) is 10.5 Å². The molecule has 2 rings (SSSR count). The molecule has 2 N–H and O–H groups in total. The lowest BCUT2D eigenvalue weighted by molar-refractivity contribution is 0.0798. The molecule has 0 radical (unpaired) electrons. The minimum absolute atomic E-state index is 0.124. The van der Waals surface area contributed by atoms with E-state index in [2.05, 4.69) is 9.97 Å². The normalized spacial score (nSPS) is 15.9. The van der Waals surface area contributed by atoms with Gasteiger partial charge < -0.3 is 10.6 Å². The second-order valence-electron chi connectivity index (χ2n) is 2.90. The van der Waals surface area contributed by atoms with Crippen LogP contribution in [0, 0.1) is 0 Å². The first-order chi connectivity index (χ1) is 6.79. The second kappa shape index (κ2) is 3.83. The van der Waals surface area contributed by atoms with Crippen LogP contribution in [0.2, 0.25) is 0 Å². The van der Waals surface area contributed by atoms with E-state index < -0.39 is 0 Å². The Hall–Kier alpha value is -1.30. The number of carbonyl (C=O) groups excluding carboxylic acids is 1. The Kier molecular flexibility index (Phi) is 2.53. The van der Waals surface area contributed by atoms with Crippen molar-refractivity contribution in [1.82, 2.24) is 14.9 Å². The van der Waals surface area contributed by atoms with Gasteiger partial charge in [-0.2, -0.15) is 0 Å². The first-order valence-electron chi connectivity index (χ1n) is 4.22. The van der Waals surface area contributed by atoms with Crippen molar-refractivity contribution in [2.45, 2.75) is 0 Å². The molecule has 6 heteroatoms. The van der Waals surface area contributed by atoms with Crippen molar-refractivity contribution in [3.05, 3.63) is 18.1 Å². The number of anilines is 1. The van der Waals surface area contributed by atoms with Gasteiger partial charge in [-0.25, -0.2) is 9.97 Å². The van der Waals surface area contributed by atoms with E-state index in [4.69, 9.17) is 5.73 Å². The summed E-state index contributed by atoms with van der Waals surface area (Å²) in [6.07, 6.45) is 2.96. The Labute approximate surface area is 85.7 Å². The third kappa shape index (κ3) is 1.65. The molecule has 0 aliphatic carbocycles. The summed E-state index contributed by atoms with van der Waals surface area (Å²) < 4.78 is 0. The smallest absolute Gasteiger partial charge is 0.277 e. The number of carbonyl (C=O) groups is 1. The number of nitrogens with zero attached hydrogens (tertiary/aromatic N) is 3. The summed E-state index contributed by atoms with van der Waals surface area (Å²) in [4.78, 5) is 21.3. The monoisotopic (exact) mass is 210 g/mol. The van der Waals surface area contributed by atoms with E-state index in [1.165, 1.54) is 12.4 Å². The molecular weight excluding hydrogens is 200 g/mol. The maximum atomic E-state index is 11.8. The van der Waals surface area contributed by atoms with Gasteiger partial charge >= 0.3 is 0 Å². The summed E-state index contributed by atoms with van der Waals surface area (Å²) in [5.74, 6) is 1.77.